The van der Waals surface area contributed by atoms with Crippen molar-refractivity contribution < 1.29 is 19.4 Å². The lowest BCUT2D eigenvalue weighted by Gasteiger charge is -2.15. The summed E-state index contributed by atoms with van der Waals surface area (Å²) in [5.74, 6) is 0.338. The first-order valence-electron chi connectivity index (χ1n) is 5.76. The number of Topliss-reactive ketones (excluding diaryl/α,β-unsaturated/α-hetero) is 1. The molecule has 0 spiro atoms. The van der Waals surface area contributed by atoms with Crippen molar-refractivity contribution in [2.75, 3.05) is 7.11 Å². The van der Waals surface area contributed by atoms with Gasteiger partial charge >= 0.3 is 6.09 Å². The Morgan fingerprint density at radius 2 is 2.17 bits per heavy atom. The van der Waals surface area contributed by atoms with Gasteiger partial charge in [-0.2, -0.15) is 0 Å². The van der Waals surface area contributed by atoms with E-state index < -0.39 is 12.1 Å². The average Bonchev–Trinajstić information content (AvgIpc) is 2.37. The van der Waals surface area contributed by atoms with Crippen LogP contribution in [0.1, 0.15) is 30.1 Å². The maximum Gasteiger partial charge on any atom is 0.405 e. The molecule has 5 nitrogen and oxygen atoms in total. The van der Waals surface area contributed by atoms with E-state index in [-0.39, 0.29) is 5.78 Å². The van der Waals surface area contributed by atoms with Gasteiger partial charge in [0.25, 0.3) is 0 Å². The molecule has 1 atom stereocenters. The lowest BCUT2D eigenvalue weighted by Crippen LogP contribution is -2.39. The molecular formula is C13H17NO4. The fourth-order valence-corrected chi connectivity index (χ4v) is 1.68. The Morgan fingerprint density at radius 3 is 2.72 bits per heavy atom. The van der Waals surface area contributed by atoms with Crippen LogP contribution in [0.15, 0.2) is 24.3 Å². The maximum atomic E-state index is 12.2. The second-order valence-electron chi connectivity index (χ2n) is 3.89. The third-order valence-electron chi connectivity index (χ3n) is 2.55. The second kappa shape index (κ2) is 6.64. The van der Waals surface area contributed by atoms with Gasteiger partial charge in [-0.3, -0.25) is 4.79 Å². The van der Waals surface area contributed by atoms with E-state index in [1.165, 1.54) is 7.11 Å². The van der Waals surface area contributed by atoms with Crippen LogP contribution in [0, 0.1) is 0 Å². The summed E-state index contributed by atoms with van der Waals surface area (Å²) in [6.07, 6.45) is 0.00732. The van der Waals surface area contributed by atoms with Gasteiger partial charge in [0.1, 0.15) is 5.75 Å². The number of hydrogen-bond donors (Lipinski definition) is 2. The number of carbonyl (C=O) groups excluding carboxylic acids is 1. The molecule has 0 radical (unpaired) electrons. The van der Waals surface area contributed by atoms with Crippen LogP contribution in [0.2, 0.25) is 0 Å². The van der Waals surface area contributed by atoms with E-state index in [1.54, 1.807) is 24.3 Å². The first kappa shape index (κ1) is 14.0. The maximum absolute atomic E-state index is 12.2. The van der Waals surface area contributed by atoms with Gasteiger partial charge in [0, 0.05) is 5.56 Å². The van der Waals surface area contributed by atoms with Crippen LogP contribution in [-0.2, 0) is 0 Å². The normalized spacial score (nSPS) is 11.7. The predicted octanol–water partition coefficient (Wildman–Crippen LogP) is 2.31. The van der Waals surface area contributed by atoms with Crippen LogP contribution >= 0.6 is 0 Å². The van der Waals surface area contributed by atoms with Gasteiger partial charge in [0.15, 0.2) is 5.78 Å². The summed E-state index contributed by atoms with van der Waals surface area (Å²) in [4.78, 5) is 22.8. The summed E-state index contributed by atoms with van der Waals surface area (Å²) < 4.78 is 5.04. The first-order valence-corrected chi connectivity index (χ1v) is 5.76. The summed E-state index contributed by atoms with van der Waals surface area (Å²) in [5.41, 5.74) is 0.446. The summed E-state index contributed by atoms with van der Waals surface area (Å²) in [7, 11) is 1.52. The van der Waals surface area contributed by atoms with Crippen molar-refractivity contribution in [3.8, 4) is 5.75 Å². The molecule has 1 rings (SSSR count). The zero-order valence-electron chi connectivity index (χ0n) is 10.5. The Hall–Kier alpha value is -2.04. The molecule has 0 bridgehead atoms. The lowest BCUT2D eigenvalue weighted by molar-refractivity contribution is 0.0930. The molecule has 1 unspecified atom stereocenters. The van der Waals surface area contributed by atoms with E-state index in [1.807, 2.05) is 6.92 Å². The zero-order chi connectivity index (χ0) is 13.5. The summed E-state index contributed by atoms with van der Waals surface area (Å²) in [6.45, 7) is 1.90. The fourth-order valence-electron chi connectivity index (χ4n) is 1.68. The van der Waals surface area contributed by atoms with Crippen LogP contribution in [0.5, 0.6) is 5.75 Å². The number of carbonyl (C=O) groups is 2. The van der Waals surface area contributed by atoms with Crippen LogP contribution in [-0.4, -0.2) is 30.1 Å². The highest BCUT2D eigenvalue weighted by Gasteiger charge is 2.21. The molecule has 0 heterocycles. The summed E-state index contributed by atoms with van der Waals surface area (Å²) in [5, 5.41) is 11.0. The zero-order valence-corrected chi connectivity index (χ0v) is 10.5. The minimum absolute atomic E-state index is 0.238. The molecule has 0 saturated carbocycles. The van der Waals surface area contributed by atoms with Crippen molar-refractivity contribution >= 4 is 11.9 Å². The second-order valence-corrected chi connectivity index (χ2v) is 3.89. The number of hydrogen-bond acceptors (Lipinski definition) is 3. The van der Waals surface area contributed by atoms with Crippen molar-refractivity contribution in [2.24, 2.45) is 0 Å². The molecule has 2 N–H and O–H groups in total. The predicted molar refractivity (Wildman–Crippen MR) is 67.2 cm³/mol. The van der Waals surface area contributed by atoms with Gasteiger partial charge in [0.2, 0.25) is 0 Å². The van der Waals surface area contributed by atoms with Crippen molar-refractivity contribution in [1.82, 2.24) is 5.32 Å². The average molecular weight is 251 g/mol. The van der Waals surface area contributed by atoms with Crippen LogP contribution in [0.4, 0.5) is 4.79 Å². The highest BCUT2D eigenvalue weighted by atomic mass is 16.5. The quantitative estimate of drug-likeness (QED) is 0.761. The van der Waals surface area contributed by atoms with Gasteiger partial charge in [-0.25, -0.2) is 4.79 Å². The largest absolute Gasteiger partial charge is 0.497 e. The minimum atomic E-state index is -1.19. The molecule has 0 fully saturated rings. The van der Waals surface area contributed by atoms with Gasteiger partial charge in [-0.1, -0.05) is 25.5 Å². The SMILES string of the molecule is CCCC(NC(=O)O)C(=O)c1cccc(OC)c1. The van der Waals surface area contributed by atoms with Crippen LogP contribution in [0.3, 0.4) is 0 Å². The molecule has 1 amide bonds. The Bertz CT molecular complexity index is 431. The molecule has 5 heteroatoms. The van der Waals surface area contributed by atoms with Crippen molar-refractivity contribution in [2.45, 2.75) is 25.8 Å². The molecular weight excluding hydrogens is 234 g/mol. The fraction of sp³-hybridized carbons (Fsp3) is 0.385. The number of amides is 1. The topological polar surface area (TPSA) is 75.6 Å². The van der Waals surface area contributed by atoms with Gasteiger partial charge < -0.3 is 15.2 Å². The third-order valence-corrected chi connectivity index (χ3v) is 2.55. The number of benzene rings is 1. The first-order chi connectivity index (χ1) is 8.58. The lowest BCUT2D eigenvalue weighted by atomic mass is 10.0. The molecule has 0 aliphatic carbocycles. The number of methoxy groups -OCH3 is 1. The van der Waals surface area contributed by atoms with E-state index in [0.717, 1.165) is 6.42 Å². The van der Waals surface area contributed by atoms with E-state index in [2.05, 4.69) is 5.32 Å². The monoisotopic (exact) mass is 251 g/mol. The van der Waals surface area contributed by atoms with E-state index in [4.69, 9.17) is 9.84 Å². The molecule has 0 aliphatic heterocycles. The van der Waals surface area contributed by atoms with Gasteiger partial charge in [0.05, 0.1) is 13.2 Å². The molecule has 0 aromatic heterocycles. The number of ether oxygens (including phenoxy) is 1. The van der Waals surface area contributed by atoms with Crippen LogP contribution < -0.4 is 10.1 Å². The molecule has 1 aromatic rings. The molecule has 18 heavy (non-hydrogen) atoms. The van der Waals surface area contributed by atoms with E-state index >= 15 is 0 Å². The Kier molecular flexibility index (Phi) is 5.17. The standard InChI is InChI=1S/C13H17NO4/c1-3-5-11(14-13(16)17)12(15)9-6-4-7-10(8-9)18-2/h4,6-8,11,14H,3,5H2,1-2H3,(H,16,17). The Labute approximate surface area is 106 Å². The minimum Gasteiger partial charge on any atom is -0.497 e. The number of carboxylic acid groups (broad SMARTS) is 1. The molecule has 0 saturated heterocycles. The van der Waals surface area contributed by atoms with Crippen LogP contribution in [0.25, 0.3) is 0 Å². The van der Waals surface area contributed by atoms with E-state index in [9.17, 15) is 9.59 Å². The molecule has 0 aliphatic rings. The number of nitrogens with one attached hydrogen (secondary N) is 1. The summed E-state index contributed by atoms with van der Waals surface area (Å²) in [6, 6.07) is 5.98. The number of rotatable bonds is 6. The van der Waals surface area contributed by atoms with Crippen molar-refractivity contribution in [1.29, 1.82) is 0 Å². The highest BCUT2D eigenvalue weighted by Crippen LogP contribution is 2.15. The van der Waals surface area contributed by atoms with E-state index in [0.29, 0.717) is 17.7 Å². The molecule has 1 aromatic carbocycles. The summed E-state index contributed by atoms with van der Waals surface area (Å²) >= 11 is 0. The number of ketones is 1. The Balaban J connectivity index is 2.89. The smallest absolute Gasteiger partial charge is 0.405 e. The Morgan fingerprint density at radius 1 is 1.44 bits per heavy atom. The van der Waals surface area contributed by atoms with Crippen molar-refractivity contribution in [3.05, 3.63) is 29.8 Å². The highest BCUT2D eigenvalue weighted by molar-refractivity contribution is 6.01. The third kappa shape index (κ3) is 3.76. The van der Waals surface area contributed by atoms with Crippen molar-refractivity contribution in [3.63, 3.8) is 0 Å². The van der Waals surface area contributed by atoms with Gasteiger partial charge in [-0.05, 0) is 18.6 Å². The molecule has 98 valence electrons. The van der Waals surface area contributed by atoms with Gasteiger partial charge in [-0.15, -0.1) is 0 Å².